The first-order chi connectivity index (χ1) is 6.76. The predicted molar refractivity (Wildman–Crippen MR) is 59.9 cm³/mol. The Morgan fingerprint density at radius 3 is 2.93 bits per heavy atom. The number of hydrogen-bond donors (Lipinski definition) is 0. The summed E-state index contributed by atoms with van der Waals surface area (Å²) in [7, 11) is 1.65. The van der Waals surface area contributed by atoms with Crippen LogP contribution in [0.25, 0.3) is 0 Å². The van der Waals surface area contributed by atoms with E-state index in [-0.39, 0.29) is 5.41 Å². The number of hydrogen-bond acceptors (Lipinski definition) is 2. The fourth-order valence-corrected chi connectivity index (χ4v) is 1.80. The molecule has 2 nitrogen and oxygen atoms in total. The zero-order valence-electron chi connectivity index (χ0n) is 8.29. The van der Waals surface area contributed by atoms with E-state index in [0.29, 0.717) is 0 Å². The van der Waals surface area contributed by atoms with Gasteiger partial charge in [-0.3, -0.25) is 0 Å². The van der Waals surface area contributed by atoms with Crippen LogP contribution in [-0.4, -0.2) is 12.4 Å². The fourth-order valence-electron chi connectivity index (χ4n) is 1.52. The van der Waals surface area contributed by atoms with Crippen LogP contribution in [0.4, 0.5) is 0 Å². The number of ether oxygens (including phenoxy) is 1. The van der Waals surface area contributed by atoms with E-state index in [9.17, 15) is 0 Å². The molecule has 0 amide bonds. The summed E-state index contributed by atoms with van der Waals surface area (Å²) in [5.41, 5.74) is -0.310. The second kappa shape index (κ2) is 5.21. The number of rotatable bonds is 4. The predicted octanol–water partition coefficient (Wildman–Crippen LogP) is 3.16. The SMILES string of the molecule is COC1=CC[C@](C#N)(CCCBr)C=C1. The van der Waals surface area contributed by atoms with Crippen molar-refractivity contribution >= 4 is 15.9 Å². The molecular formula is C11H14BrNO. The summed E-state index contributed by atoms with van der Waals surface area (Å²) in [6, 6.07) is 2.39. The highest BCUT2D eigenvalue weighted by atomic mass is 79.9. The van der Waals surface area contributed by atoms with Crippen LogP contribution in [0, 0.1) is 16.7 Å². The van der Waals surface area contributed by atoms with E-state index in [1.54, 1.807) is 7.11 Å². The van der Waals surface area contributed by atoms with Crippen molar-refractivity contribution in [2.45, 2.75) is 19.3 Å². The van der Waals surface area contributed by atoms with Gasteiger partial charge >= 0.3 is 0 Å². The molecule has 0 fully saturated rings. The lowest BCUT2D eigenvalue weighted by Gasteiger charge is -2.24. The van der Waals surface area contributed by atoms with E-state index in [4.69, 9.17) is 10.00 Å². The van der Waals surface area contributed by atoms with Gasteiger partial charge in [-0.2, -0.15) is 5.26 Å². The van der Waals surface area contributed by atoms with Crippen molar-refractivity contribution in [2.24, 2.45) is 5.41 Å². The molecular weight excluding hydrogens is 242 g/mol. The van der Waals surface area contributed by atoms with Crippen LogP contribution in [0.1, 0.15) is 19.3 Å². The van der Waals surface area contributed by atoms with Crippen molar-refractivity contribution in [3.8, 4) is 6.07 Å². The first-order valence-electron chi connectivity index (χ1n) is 4.67. The van der Waals surface area contributed by atoms with Crippen molar-refractivity contribution in [1.82, 2.24) is 0 Å². The van der Waals surface area contributed by atoms with Gasteiger partial charge in [-0.15, -0.1) is 0 Å². The quantitative estimate of drug-likeness (QED) is 0.724. The topological polar surface area (TPSA) is 33.0 Å². The molecule has 0 radical (unpaired) electrons. The maximum atomic E-state index is 9.14. The van der Waals surface area contributed by atoms with Crippen molar-refractivity contribution in [3.63, 3.8) is 0 Å². The lowest BCUT2D eigenvalue weighted by molar-refractivity contribution is 0.296. The van der Waals surface area contributed by atoms with Gasteiger partial charge in [0.2, 0.25) is 0 Å². The number of nitrogens with zero attached hydrogens (tertiary/aromatic N) is 1. The van der Waals surface area contributed by atoms with E-state index in [1.165, 1.54) is 0 Å². The van der Waals surface area contributed by atoms with Crippen LogP contribution in [0.3, 0.4) is 0 Å². The van der Waals surface area contributed by atoms with Gasteiger partial charge in [0.05, 0.1) is 18.6 Å². The van der Waals surface area contributed by atoms with Crippen molar-refractivity contribution in [2.75, 3.05) is 12.4 Å². The Bertz CT molecular complexity index is 290. The average molecular weight is 256 g/mol. The minimum Gasteiger partial charge on any atom is -0.497 e. The summed E-state index contributed by atoms with van der Waals surface area (Å²) in [4.78, 5) is 0. The third kappa shape index (κ3) is 2.62. The lowest BCUT2D eigenvalue weighted by atomic mass is 9.79. The molecule has 3 heteroatoms. The van der Waals surface area contributed by atoms with Gasteiger partial charge in [0.1, 0.15) is 5.76 Å². The van der Waals surface area contributed by atoms with Gasteiger partial charge in [0.15, 0.2) is 0 Å². The van der Waals surface area contributed by atoms with E-state index in [0.717, 1.165) is 30.4 Å². The third-order valence-electron chi connectivity index (χ3n) is 2.45. The first-order valence-corrected chi connectivity index (χ1v) is 5.79. The lowest BCUT2D eigenvalue weighted by Crippen LogP contribution is -2.17. The zero-order valence-corrected chi connectivity index (χ0v) is 9.88. The van der Waals surface area contributed by atoms with Crippen LogP contribution in [0.15, 0.2) is 24.0 Å². The van der Waals surface area contributed by atoms with Gasteiger partial charge in [0, 0.05) is 5.33 Å². The highest BCUT2D eigenvalue weighted by molar-refractivity contribution is 9.09. The first kappa shape index (κ1) is 11.3. The molecule has 1 aliphatic carbocycles. The van der Waals surface area contributed by atoms with Crippen LogP contribution in [0.2, 0.25) is 0 Å². The Morgan fingerprint density at radius 2 is 2.50 bits per heavy atom. The molecule has 1 aliphatic rings. The third-order valence-corrected chi connectivity index (χ3v) is 3.01. The van der Waals surface area contributed by atoms with Gasteiger partial charge < -0.3 is 4.74 Å². The Hall–Kier alpha value is -0.750. The Kier molecular flexibility index (Phi) is 4.21. The minimum atomic E-state index is -0.310. The van der Waals surface area contributed by atoms with Crippen molar-refractivity contribution in [3.05, 3.63) is 24.0 Å². The molecule has 1 rings (SSSR count). The molecule has 0 heterocycles. The van der Waals surface area contributed by atoms with E-state index in [2.05, 4.69) is 22.0 Å². The molecule has 0 aromatic carbocycles. The summed E-state index contributed by atoms with van der Waals surface area (Å²) >= 11 is 3.38. The Morgan fingerprint density at radius 1 is 1.71 bits per heavy atom. The summed E-state index contributed by atoms with van der Waals surface area (Å²) in [5, 5.41) is 10.1. The number of methoxy groups -OCH3 is 1. The van der Waals surface area contributed by atoms with E-state index in [1.807, 2.05) is 18.2 Å². The largest absolute Gasteiger partial charge is 0.497 e. The van der Waals surface area contributed by atoms with Gasteiger partial charge in [-0.25, -0.2) is 0 Å². The molecule has 0 aromatic heterocycles. The average Bonchev–Trinajstić information content (AvgIpc) is 2.27. The second-order valence-electron chi connectivity index (χ2n) is 3.41. The van der Waals surface area contributed by atoms with E-state index < -0.39 is 0 Å². The van der Waals surface area contributed by atoms with E-state index >= 15 is 0 Å². The maximum Gasteiger partial charge on any atom is 0.114 e. The maximum absolute atomic E-state index is 9.14. The molecule has 0 aliphatic heterocycles. The highest BCUT2D eigenvalue weighted by Gasteiger charge is 2.27. The number of nitriles is 1. The summed E-state index contributed by atoms with van der Waals surface area (Å²) in [5.74, 6) is 0.856. The second-order valence-corrected chi connectivity index (χ2v) is 4.20. The van der Waals surface area contributed by atoms with Crippen LogP contribution in [0.5, 0.6) is 0 Å². The van der Waals surface area contributed by atoms with Crippen LogP contribution >= 0.6 is 15.9 Å². The normalized spacial score (nSPS) is 25.4. The molecule has 0 aromatic rings. The van der Waals surface area contributed by atoms with Crippen LogP contribution in [-0.2, 0) is 4.74 Å². The molecule has 1 atom stereocenters. The molecule has 0 saturated carbocycles. The van der Waals surface area contributed by atoms with Gasteiger partial charge in [0.25, 0.3) is 0 Å². The Labute approximate surface area is 93.4 Å². The van der Waals surface area contributed by atoms with Crippen molar-refractivity contribution < 1.29 is 4.74 Å². The van der Waals surface area contributed by atoms with Crippen molar-refractivity contribution in [1.29, 1.82) is 5.26 Å². The molecule has 0 spiro atoms. The number of halogens is 1. The number of alkyl halides is 1. The minimum absolute atomic E-state index is 0.310. The standard InChI is InChI=1S/C11H14BrNO/c1-14-10-3-6-11(9-13,7-4-10)5-2-8-12/h3-4,6H,2,5,7-8H2,1H3/t11-/m0/s1. The Balaban J connectivity index is 2.64. The van der Waals surface area contributed by atoms with Crippen LogP contribution < -0.4 is 0 Å². The molecule has 0 N–H and O–H groups in total. The zero-order chi connectivity index (χ0) is 10.4. The van der Waals surface area contributed by atoms with Gasteiger partial charge in [-0.1, -0.05) is 22.0 Å². The molecule has 0 saturated heterocycles. The highest BCUT2D eigenvalue weighted by Crippen LogP contribution is 2.34. The molecule has 14 heavy (non-hydrogen) atoms. The summed E-state index contributed by atoms with van der Waals surface area (Å²) in [6.45, 7) is 0. The molecule has 76 valence electrons. The fraction of sp³-hybridized carbons (Fsp3) is 0.545. The number of allylic oxidation sites excluding steroid dienone is 3. The summed E-state index contributed by atoms with van der Waals surface area (Å²) < 4.78 is 5.09. The van der Waals surface area contributed by atoms with Gasteiger partial charge in [-0.05, 0) is 31.4 Å². The summed E-state index contributed by atoms with van der Waals surface area (Å²) in [6.07, 6.45) is 8.52. The monoisotopic (exact) mass is 255 g/mol. The molecule has 0 bridgehead atoms. The molecule has 0 unspecified atom stereocenters. The smallest absolute Gasteiger partial charge is 0.114 e.